The number of alkyl halides is 2. The van der Waals surface area contributed by atoms with Crippen molar-refractivity contribution in [2.75, 3.05) is 32.7 Å². The van der Waals surface area contributed by atoms with Gasteiger partial charge in [0.05, 0.1) is 17.7 Å². The highest BCUT2D eigenvalue weighted by atomic mass is 19.3. The molecule has 3 rings (SSSR count). The summed E-state index contributed by atoms with van der Waals surface area (Å²) in [6, 6.07) is 3.51. The molecule has 2 saturated heterocycles. The van der Waals surface area contributed by atoms with Crippen LogP contribution in [0.2, 0.25) is 0 Å². The number of amides is 1. The van der Waals surface area contributed by atoms with Gasteiger partial charge in [0.15, 0.2) is 0 Å². The third-order valence-corrected chi connectivity index (χ3v) is 4.88. The Morgan fingerprint density at radius 2 is 1.96 bits per heavy atom. The fourth-order valence-electron chi connectivity index (χ4n) is 3.39. The molecule has 1 aromatic rings. The summed E-state index contributed by atoms with van der Waals surface area (Å²) in [6.07, 6.45) is 1.67. The zero-order chi connectivity index (χ0) is 17.4. The lowest BCUT2D eigenvalue weighted by molar-refractivity contribution is -0.0720. The van der Waals surface area contributed by atoms with Gasteiger partial charge in [-0.1, -0.05) is 0 Å². The third-order valence-electron chi connectivity index (χ3n) is 4.88. The van der Waals surface area contributed by atoms with Crippen molar-refractivity contribution in [1.82, 2.24) is 14.8 Å². The number of aliphatic hydroxyl groups is 1. The quantitative estimate of drug-likeness (QED) is 0.911. The topological polar surface area (TPSA) is 56.7 Å². The van der Waals surface area contributed by atoms with Gasteiger partial charge in [0.25, 0.3) is 11.8 Å². The molecule has 0 unspecified atom stereocenters. The summed E-state index contributed by atoms with van der Waals surface area (Å²) in [6.45, 7) is 3.44. The maximum absolute atomic E-state index is 13.2. The molecule has 0 aliphatic carbocycles. The van der Waals surface area contributed by atoms with Crippen LogP contribution in [-0.4, -0.2) is 70.0 Å². The first kappa shape index (κ1) is 17.2. The second-order valence-electron chi connectivity index (χ2n) is 7.02. The monoisotopic (exact) mass is 339 g/mol. The van der Waals surface area contributed by atoms with Gasteiger partial charge in [0, 0.05) is 50.9 Å². The van der Waals surface area contributed by atoms with Crippen LogP contribution in [0.25, 0.3) is 0 Å². The van der Waals surface area contributed by atoms with Crippen LogP contribution in [-0.2, 0) is 0 Å². The number of carbonyl (C=O) groups excluding carboxylic acids is 1. The van der Waals surface area contributed by atoms with E-state index in [1.54, 1.807) is 23.2 Å². The fraction of sp³-hybridized carbons (Fsp3) is 0.647. The minimum atomic E-state index is -2.59. The van der Waals surface area contributed by atoms with Crippen molar-refractivity contribution in [2.45, 2.75) is 37.7 Å². The largest absolute Gasteiger partial charge is 0.387 e. The lowest BCUT2D eigenvalue weighted by Gasteiger charge is -2.36. The van der Waals surface area contributed by atoms with Gasteiger partial charge < -0.3 is 10.0 Å². The summed E-state index contributed by atoms with van der Waals surface area (Å²) in [7, 11) is 0. The Balaban J connectivity index is 1.57. The maximum Gasteiger partial charge on any atom is 0.255 e. The standard InChI is InChI=1S/C17H23F2N3O2/c1-13-2-3-14(10-20-13)15(23)22-9-4-16(24,12-22)11-21-7-5-17(18,19)6-8-21/h2-3,10,24H,4-9,11-12H2,1H3/t16-/m1/s1. The van der Waals surface area contributed by atoms with Crippen LogP contribution >= 0.6 is 0 Å². The Kier molecular flexibility index (Phi) is 4.57. The molecule has 7 heteroatoms. The van der Waals surface area contributed by atoms with Crippen molar-refractivity contribution >= 4 is 5.91 Å². The van der Waals surface area contributed by atoms with Crippen LogP contribution in [0.5, 0.6) is 0 Å². The van der Waals surface area contributed by atoms with Gasteiger partial charge in [-0.3, -0.25) is 14.7 Å². The van der Waals surface area contributed by atoms with Gasteiger partial charge in [-0.05, 0) is 25.5 Å². The van der Waals surface area contributed by atoms with Crippen LogP contribution in [0.15, 0.2) is 18.3 Å². The predicted molar refractivity (Wildman–Crippen MR) is 85.1 cm³/mol. The molecule has 24 heavy (non-hydrogen) atoms. The Bertz CT molecular complexity index is 598. The van der Waals surface area contributed by atoms with Crippen molar-refractivity contribution in [1.29, 1.82) is 0 Å². The van der Waals surface area contributed by atoms with E-state index in [9.17, 15) is 18.7 Å². The molecule has 2 fully saturated rings. The Labute approximate surface area is 140 Å². The van der Waals surface area contributed by atoms with E-state index in [-0.39, 0.29) is 38.4 Å². The van der Waals surface area contributed by atoms with Crippen molar-refractivity contribution in [3.8, 4) is 0 Å². The third kappa shape index (κ3) is 3.89. The van der Waals surface area contributed by atoms with Crippen molar-refractivity contribution in [3.05, 3.63) is 29.6 Å². The molecule has 5 nitrogen and oxygen atoms in total. The zero-order valence-corrected chi connectivity index (χ0v) is 13.8. The number of aryl methyl sites for hydroxylation is 1. The number of carbonyl (C=O) groups is 1. The van der Waals surface area contributed by atoms with E-state index < -0.39 is 11.5 Å². The van der Waals surface area contributed by atoms with E-state index in [1.165, 1.54) is 0 Å². The van der Waals surface area contributed by atoms with E-state index >= 15 is 0 Å². The van der Waals surface area contributed by atoms with Gasteiger partial charge in [-0.2, -0.15) is 0 Å². The lowest BCUT2D eigenvalue weighted by atomic mass is 10.00. The van der Waals surface area contributed by atoms with Gasteiger partial charge in [0.2, 0.25) is 0 Å². The van der Waals surface area contributed by atoms with E-state index in [0.29, 0.717) is 25.1 Å². The first-order chi connectivity index (χ1) is 11.3. The lowest BCUT2D eigenvalue weighted by Crippen LogP contribution is -2.49. The first-order valence-corrected chi connectivity index (χ1v) is 8.31. The Morgan fingerprint density at radius 1 is 1.25 bits per heavy atom. The number of hydrogen-bond acceptors (Lipinski definition) is 4. The molecule has 1 aromatic heterocycles. The highest BCUT2D eigenvalue weighted by molar-refractivity contribution is 5.94. The Hall–Kier alpha value is -1.60. The summed E-state index contributed by atoms with van der Waals surface area (Å²) >= 11 is 0. The number of likely N-dealkylation sites (tertiary alicyclic amines) is 2. The molecule has 0 bridgehead atoms. The SMILES string of the molecule is Cc1ccc(C(=O)N2CC[C@@](O)(CN3CCC(F)(F)CC3)C2)cn1. The van der Waals surface area contributed by atoms with Gasteiger partial charge >= 0.3 is 0 Å². The summed E-state index contributed by atoms with van der Waals surface area (Å²) in [5.74, 6) is -2.74. The van der Waals surface area contributed by atoms with Crippen LogP contribution in [0, 0.1) is 6.92 Å². The van der Waals surface area contributed by atoms with Gasteiger partial charge in [0.1, 0.15) is 0 Å². The summed E-state index contributed by atoms with van der Waals surface area (Å²) in [5, 5.41) is 10.7. The van der Waals surface area contributed by atoms with Gasteiger partial charge in [-0.15, -0.1) is 0 Å². The maximum atomic E-state index is 13.2. The number of halogens is 2. The smallest absolute Gasteiger partial charge is 0.255 e. The molecule has 0 spiro atoms. The molecule has 1 N–H and O–H groups in total. The van der Waals surface area contributed by atoms with Gasteiger partial charge in [-0.25, -0.2) is 8.78 Å². The molecular formula is C17H23F2N3O2. The van der Waals surface area contributed by atoms with E-state index in [4.69, 9.17) is 0 Å². The normalized spacial score (nSPS) is 27.4. The van der Waals surface area contributed by atoms with E-state index in [1.807, 2.05) is 11.8 Å². The number of β-amino-alcohol motifs (C(OH)–C–C–N with tert-alkyl or cyclic N) is 1. The molecule has 3 heterocycles. The van der Waals surface area contributed by atoms with Crippen molar-refractivity contribution in [2.24, 2.45) is 0 Å². The molecule has 0 radical (unpaired) electrons. The second kappa shape index (κ2) is 6.37. The average Bonchev–Trinajstić information content (AvgIpc) is 2.92. The zero-order valence-electron chi connectivity index (χ0n) is 13.8. The first-order valence-electron chi connectivity index (χ1n) is 8.31. The van der Waals surface area contributed by atoms with Crippen LogP contribution in [0.1, 0.15) is 35.3 Å². The van der Waals surface area contributed by atoms with E-state index in [0.717, 1.165) is 5.69 Å². The average molecular weight is 339 g/mol. The predicted octanol–water partition coefficient (Wildman–Crippen LogP) is 1.70. The van der Waals surface area contributed by atoms with Crippen LogP contribution in [0.4, 0.5) is 8.78 Å². The molecule has 2 aliphatic heterocycles. The number of pyridine rings is 1. The highest BCUT2D eigenvalue weighted by Crippen LogP contribution is 2.30. The fourth-order valence-corrected chi connectivity index (χ4v) is 3.39. The minimum absolute atomic E-state index is 0.149. The van der Waals surface area contributed by atoms with E-state index in [2.05, 4.69) is 4.98 Å². The second-order valence-corrected chi connectivity index (χ2v) is 7.02. The summed E-state index contributed by atoms with van der Waals surface area (Å²) < 4.78 is 26.4. The van der Waals surface area contributed by atoms with Crippen LogP contribution < -0.4 is 0 Å². The number of rotatable bonds is 3. The number of piperidine rings is 1. The molecule has 0 aromatic carbocycles. The minimum Gasteiger partial charge on any atom is -0.387 e. The summed E-state index contributed by atoms with van der Waals surface area (Å²) in [4.78, 5) is 20.1. The molecule has 0 saturated carbocycles. The number of aromatic nitrogens is 1. The highest BCUT2D eigenvalue weighted by Gasteiger charge is 2.42. The Morgan fingerprint density at radius 3 is 2.58 bits per heavy atom. The molecule has 2 aliphatic rings. The van der Waals surface area contributed by atoms with Crippen molar-refractivity contribution < 1.29 is 18.7 Å². The molecule has 1 amide bonds. The number of nitrogens with zero attached hydrogens (tertiary/aromatic N) is 3. The number of hydrogen-bond donors (Lipinski definition) is 1. The molecule has 1 atom stereocenters. The molecule has 132 valence electrons. The summed E-state index contributed by atoms with van der Waals surface area (Å²) in [5.41, 5.74) is 0.314. The molecular weight excluding hydrogens is 316 g/mol. The van der Waals surface area contributed by atoms with Crippen LogP contribution in [0.3, 0.4) is 0 Å². The van der Waals surface area contributed by atoms with Crippen molar-refractivity contribution in [3.63, 3.8) is 0 Å².